The molecule has 3 N–H and O–H groups in total. The Morgan fingerprint density at radius 2 is 2.03 bits per heavy atom. The molecule has 0 spiro atoms. The number of aromatic nitrogens is 2. The van der Waals surface area contributed by atoms with Crippen molar-refractivity contribution in [3.05, 3.63) is 11.8 Å². The van der Waals surface area contributed by atoms with Crippen LogP contribution in [0.2, 0.25) is 0 Å². The predicted molar refractivity (Wildman–Crippen MR) is 113 cm³/mol. The molecule has 1 aromatic rings. The third kappa shape index (κ3) is 4.11. The number of nitrogens with zero attached hydrogens (tertiary/aromatic N) is 2. The minimum atomic E-state index is -0.483. The molecule has 0 radical (unpaired) electrons. The molecule has 5 fully saturated rings. The second-order valence-corrected chi connectivity index (χ2v) is 10.7. The van der Waals surface area contributed by atoms with Gasteiger partial charge in [0.2, 0.25) is 5.88 Å². The maximum atomic E-state index is 13.3. The second-order valence-electron chi connectivity index (χ2n) is 10.7. The number of nitrogens with one attached hydrogen (secondary N) is 2. The first kappa shape index (κ1) is 20.3. The molecule has 0 aromatic carbocycles. The fourth-order valence-corrected chi connectivity index (χ4v) is 6.20. The van der Waals surface area contributed by atoms with Crippen LogP contribution in [-0.2, 0) is 6.54 Å². The SMILES string of the molecule is CC(C)COc1c(C(=O)NC2C3CC4CC2CC(O)(C4)C3)cnn1CCNC1CC1. The van der Waals surface area contributed by atoms with E-state index in [9.17, 15) is 9.90 Å². The summed E-state index contributed by atoms with van der Waals surface area (Å²) in [6, 6.07) is 0.808. The summed E-state index contributed by atoms with van der Waals surface area (Å²) in [5, 5.41) is 22.1. The highest BCUT2D eigenvalue weighted by molar-refractivity contribution is 5.96. The van der Waals surface area contributed by atoms with Crippen LogP contribution in [0.3, 0.4) is 0 Å². The molecule has 1 aromatic heterocycles. The van der Waals surface area contributed by atoms with Gasteiger partial charge in [0, 0.05) is 18.6 Å². The molecule has 30 heavy (non-hydrogen) atoms. The summed E-state index contributed by atoms with van der Waals surface area (Å²) >= 11 is 0. The van der Waals surface area contributed by atoms with E-state index in [2.05, 4.69) is 29.6 Å². The number of carbonyl (C=O) groups excluding carboxylic acids is 1. The Kier molecular flexibility index (Phi) is 5.30. The molecule has 2 atom stereocenters. The van der Waals surface area contributed by atoms with E-state index < -0.39 is 5.60 Å². The van der Waals surface area contributed by atoms with Crippen LogP contribution in [0.1, 0.15) is 69.2 Å². The van der Waals surface area contributed by atoms with Crippen molar-refractivity contribution in [2.75, 3.05) is 13.2 Å². The molecule has 1 amide bonds. The van der Waals surface area contributed by atoms with Gasteiger partial charge in [-0.15, -0.1) is 0 Å². The van der Waals surface area contributed by atoms with Crippen LogP contribution >= 0.6 is 0 Å². The van der Waals surface area contributed by atoms with Gasteiger partial charge in [-0.1, -0.05) is 13.8 Å². The Hall–Kier alpha value is -1.60. The van der Waals surface area contributed by atoms with Crippen molar-refractivity contribution < 1.29 is 14.6 Å². The van der Waals surface area contributed by atoms with Crippen molar-refractivity contribution in [1.29, 1.82) is 0 Å². The molecule has 0 saturated heterocycles. The molecular weight excluding hydrogens is 380 g/mol. The van der Waals surface area contributed by atoms with Crippen LogP contribution in [-0.4, -0.2) is 51.6 Å². The molecule has 5 aliphatic rings. The number of ether oxygens (including phenoxy) is 1. The number of aliphatic hydroxyl groups is 1. The zero-order valence-electron chi connectivity index (χ0n) is 18.3. The van der Waals surface area contributed by atoms with E-state index in [1.54, 1.807) is 6.20 Å². The average molecular weight is 417 g/mol. The standard InChI is InChI=1S/C23H36N4O3/c1-14(2)13-30-22-19(12-25-27(22)6-5-24-18-3-4-18)21(28)26-20-16-7-15-8-17(20)11-23(29,9-15)10-16/h12,14-18,20,24,29H,3-11,13H2,1-2H3,(H,26,28). The summed E-state index contributed by atoms with van der Waals surface area (Å²) in [4.78, 5) is 13.3. The smallest absolute Gasteiger partial charge is 0.258 e. The van der Waals surface area contributed by atoms with Gasteiger partial charge < -0.3 is 20.5 Å². The predicted octanol–water partition coefficient (Wildman–Crippen LogP) is 2.34. The Labute approximate surface area is 178 Å². The van der Waals surface area contributed by atoms with E-state index >= 15 is 0 Å². The van der Waals surface area contributed by atoms with E-state index in [1.807, 2.05) is 4.68 Å². The fourth-order valence-electron chi connectivity index (χ4n) is 6.20. The highest BCUT2D eigenvalue weighted by Gasteiger charge is 2.55. The summed E-state index contributed by atoms with van der Waals surface area (Å²) in [5.74, 6) is 2.29. The van der Waals surface area contributed by atoms with Gasteiger partial charge in [-0.2, -0.15) is 5.10 Å². The molecule has 1 heterocycles. The molecule has 0 aliphatic heterocycles. The fraction of sp³-hybridized carbons (Fsp3) is 0.826. The van der Waals surface area contributed by atoms with Crippen molar-refractivity contribution in [2.45, 2.75) is 83.0 Å². The summed E-state index contributed by atoms with van der Waals surface area (Å²) < 4.78 is 7.88. The molecule has 4 bridgehead atoms. The normalized spacial score (nSPS) is 34.5. The van der Waals surface area contributed by atoms with E-state index in [0.717, 1.165) is 38.6 Å². The zero-order valence-corrected chi connectivity index (χ0v) is 18.3. The van der Waals surface area contributed by atoms with Crippen LogP contribution in [0.15, 0.2) is 6.20 Å². The Morgan fingerprint density at radius 1 is 1.30 bits per heavy atom. The molecule has 2 unspecified atom stereocenters. The number of amides is 1. The molecular formula is C23H36N4O3. The lowest BCUT2D eigenvalue weighted by molar-refractivity contribution is -0.136. The van der Waals surface area contributed by atoms with Crippen LogP contribution in [0.4, 0.5) is 0 Å². The highest BCUT2D eigenvalue weighted by Crippen LogP contribution is 2.55. The van der Waals surface area contributed by atoms with Gasteiger partial charge in [-0.05, 0) is 68.6 Å². The third-order valence-corrected chi connectivity index (χ3v) is 7.46. The van der Waals surface area contributed by atoms with Gasteiger partial charge in [-0.3, -0.25) is 4.79 Å². The summed E-state index contributed by atoms with van der Waals surface area (Å²) in [5.41, 5.74) is 0.0532. The lowest BCUT2D eigenvalue weighted by Gasteiger charge is -2.58. The monoisotopic (exact) mass is 416 g/mol. The maximum absolute atomic E-state index is 13.3. The largest absolute Gasteiger partial charge is 0.477 e. The van der Waals surface area contributed by atoms with E-state index in [0.29, 0.717) is 54.3 Å². The van der Waals surface area contributed by atoms with Crippen molar-refractivity contribution in [2.24, 2.45) is 23.7 Å². The topological polar surface area (TPSA) is 88.4 Å². The molecule has 6 rings (SSSR count). The second kappa shape index (κ2) is 7.83. The number of carbonyl (C=O) groups is 1. The van der Waals surface area contributed by atoms with E-state index in [4.69, 9.17) is 4.74 Å². The van der Waals surface area contributed by atoms with Gasteiger partial charge in [-0.25, -0.2) is 4.68 Å². The molecule has 7 nitrogen and oxygen atoms in total. The third-order valence-electron chi connectivity index (χ3n) is 7.46. The van der Waals surface area contributed by atoms with Gasteiger partial charge >= 0.3 is 0 Å². The van der Waals surface area contributed by atoms with Gasteiger partial charge in [0.15, 0.2) is 0 Å². The van der Waals surface area contributed by atoms with E-state index in [-0.39, 0.29) is 11.9 Å². The zero-order chi connectivity index (χ0) is 20.9. The minimum Gasteiger partial charge on any atom is -0.477 e. The lowest BCUT2D eigenvalue weighted by Crippen LogP contribution is -2.61. The first-order valence-corrected chi connectivity index (χ1v) is 11.9. The van der Waals surface area contributed by atoms with Crippen LogP contribution in [0, 0.1) is 23.7 Å². The number of rotatable bonds is 9. The molecule has 7 heteroatoms. The van der Waals surface area contributed by atoms with Crippen molar-refractivity contribution in [1.82, 2.24) is 20.4 Å². The number of hydrogen-bond acceptors (Lipinski definition) is 5. The Bertz CT molecular complexity index is 771. The first-order chi connectivity index (χ1) is 14.4. The molecule has 5 saturated carbocycles. The van der Waals surface area contributed by atoms with Gasteiger partial charge in [0.1, 0.15) is 5.56 Å². The van der Waals surface area contributed by atoms with Crippen molar-refractivity contribution in [3.8, 4) is 5.88 Å². The van der Waals surface area contributed by atoms with Crippen LogP contribution in [0.25, 0.3) is 0 Å². The van der Waals surface area contributed by atoms with E-state index in [1.165, 1.54) is 12.8 Å². The Balaban J connectivity index is 1.28. The minimum absolute atomic E-state index is 0.0837. The quantitative estimate of drug-likeness (QED) is 0.575. The first-order valence-electron chi connectivity index (χ1n) is 11.9. The summed E-state index contributed by atoms with van der Waals surface area (Å²) in [6.07, 6.45) is 9.04. The summed E-state index contributed by atoms with van der Waals surface area (Å²) in [6.45, 7) is 6.30. The molecule has 166 valence electrons. The van der Waals surface area contributed by atoms with Gasteiger partial charge in [0.25, 0.3) is 5.91 Å². The average Bonchev–Trinajstić information content (AvgIpc) is 3.40. The van der Waals surface area contributed by atoms with Crippen molar-refractivity contribution >= 4 is 5.91 Å². The highest BCUT2D eigenvalue weighted by atomic mass is 16.5. The maximum Gasteiger partial charge on any atom is 0.258 e. The van der Waals surface area contributed by atoms with Gasteiger partial charge in [0.05, 0.1) is 24.9 Å². The lowest BCUT2D eigenvalue weighted by atomic mass is 9.52. The Morgan fingerprint density at radius 3 is 2.67 bits per heavy atom. The van der Waals surface area contributed by atoms with Crippen LogP contribution < -0.4 is 15.4 Å². The molecule has 5 aliphatic carbocycles. The van der Waals surface area contributed by atoms with Crippen molar-refractivity contribution in [3.63, 3.8) is 0 Å². The number of hydrogen-bond donors (Lipinski definition) is 3. The van der Waals surface area contributed by atoms with Crippen LogP contribution in [0.5, 0.6) is 5.88 Å². The summed E-state index contributed by atoms with van der Waals surface area (Å²) in [7, 11) is 0.